The van der Waals surface area contributed by atoms with Crippen LogP contribution in [0.1, 0.15) is 54.7 Å². The summed E-state index contributed by atoms with van der Waals surface area (Å²) in [4.78, 5) is 23.1. The highest BCUT2D eigenvalue weighted by molar-refractivity contribution is 5.94. The average Bonchev–Trinajstić information content (AvgIpc) is 3.18. The van der Waals surface area contributed by atoms with E-state index in [-0.39, 0.29) is 11.8 Å². The lowest BCUT2D eigenvalue weighted by atomic mass is 9.96. The number of para-hydroxylation sites is 2. The molecule has 0 bridgehead atoms. The van der Waals surface area contributed by atoms with E-state index in [2.05, 4.69) is 11.9 Å². The Labute approximate surface area is 165 Å². The Morgan fingerprint density at radius 3 is 2.82 bits per heavy atom. The molecule has 5 heteroatoms. The number of benzene rings is 2. The second-order valence-corrected chi connectivity index (χ2v) is 7.46. The number of hydrogen-bond donors (Lipinski definition) is 1. The van der Waals surface area contributed by atoms with E-state index in [0.717, 1.165) is 61.4 Å². The standard InChI is InChI=1S/C23H27N3O2/c1-2-3-15-28-19-12-10-17(11-13-19)23(27)26-14-6-7-18(16-26)22-24-20-8-4-5-9-21(20)25-22/h4-5,8-13,18H,2-3,6-7,14-16H2,1H3,(H,24,25). The molecule has 0 aliphatic carbocycles. The van der Waals surface area contributed by atoms with Crippen LogP contribution in [0.5, 0.6) is 5.75 Å². The lowest BCUT2D eigenvalue weighted by molar-refractivity contribution is 0.0705. The molecular formula is C23H27N3O2. The van der Waals surface area contributed by atoms with Gasteiger partial charge in [-0.15, -0.1) is 0 Å². The zero-order chi connectivity index (χ0) is 19.3. The normalized spacial score (nSPS) is 17.0. The van der Waals surface area contributed by atoms with Crippen molar-refractivity contribution >= 4 is 16.9 Å². The first-order valence-corrected chi connectivity index (χ1v) is 10.2. The highest BCUT2D eigenvalue weighted by atomic mass is 16.5. The van der Waals surface area contributed by atoms with E-state index < -0.39 is 0 Å². The van der Waals surface area contributed by atoms with E-state index in [1.165, 1.54) is 0 Å². The van der Waals surface area contributed by atoms with Crippen molar-refractivity contribution in [3.05, 3.63) is 59.9 Å². The van der Waals surface area contributed by atoms with Crippen molar-refractivity contribution in [3.63, 3.8) is 0 Å². The number of imidazole rings is 1. The molecule has 4 rings (SSSR count). The minimum atomic E-state index is 0.0842. The third-order valence-corrected chi connectivity index (χ3v) is 5.37. The summed E-state index contributed by atoms with van der Waals surface area (Å²) in [5.41, 5.74) is 2.76. The SMILES string of the molecule is CCCCOc1ccc(C(=O)N2CCCC(c3nc4ccccc4[nH]3)C2)cc1. The van der Waals surface area contributed by atoms with Gasteiger partial charge < -0.3 is 14.6 Å². The van der Waals surface area contributed by atoms with Crippen molar-refractivity contribution < 1.29 is 9.53 Å². The highest BCUT2D eigenvalue weighted by Gasteiger charge is 2.27. The maximum atomic E-state index is 13.0. The van der Waals surface area contributed by atoms with Crippen LogP contribution < -0.4 is 4.74 Å². The third-order valence-electron chi connectivity index (χ3n) is 5.37. The van der Waals surface area contributed by atoms with Crippen LogP contribution in [0.15, 0.2) is 48.5 Å². The molecule has 0 spiro atoms. The van der Waals surface area contributed by atoms with E-state index >= 15 is 0 Å². The number of aromatic amines is 1. The molecule has 1 saturated heterocycles. The monoisotopic (exact) mass is 377 g/mol. The van der Waals surface area contributed by atoms with Gasteiger partial charge in [0.25, 0.3) is 5.91 Å². The first-order valence-electron chi connectivity index (χ1n) is 10.2. The summed E-state index contributed by atoms with van der Waals surface area (Å²) in [7, 11) is 0. The first-order chi connectivity index (χ1) is 13.7. The van der Waals surface area contributed by atoms with Gasteiger partial charge in [-0.2, -0.15) is 0 Å². The molecular weight excluding hydrogens is 350 g/mol. The summed E-state index contributed by atoms with van der Waals surface area (Å²) in [5.74, 6) is 2.14. The second kappa shape index (κ2) is 8.46. The molecule has 1 fully saturated rings. The number of amides is 1. The molecule has 2 heterocycles. The number of unbranched alkanes of at least 4 members (excludes halogenated alkanes) is 1. The molecule has 0 saturated carbocycles. The van der Waals surface area contributed by atoms with E-state index in [1.54, 1.807) is 0 Å². The molecule has 3 aromatic rings. The number of nitrogens with zero attached hydrogens (tertiary/aromatic N) is 2. The zero-order valence-corrected chi connectivity index (χ0v) is 16.4. The third kappa shape index (κ3) is 4.03. The maximum absolute atomic E-state index is 13.0. The van der Waals surface area contributed by atoms with Crippen molar-refractivity contribution in [1.29, 1.82) is 0 Å². The van der Waals surface area contributed by atoms with Crippen LogP contribution in [0.3, 0.4) is 0 Å². The number of carbonyl (C=O) groups is 1. The molecule has 5 nitrogen and oxygen atoms in total. The Morgan fingerprint density at radius 1 is 1.21 bits per heavy atom. The molecule has 1 aromatic heterocycles. The van der Waals surface area contributed by atoms with Crippen molar-refractivity contribution in [2.24, 2.45) is 0 Å². The summed E-state index contributed by atoms with van der Waals surface area (Å²) in [6, 6.07) is 15.6. The van der Waals surface area contributed by atoms with Crippen LogP contribution in [0.25, 0.3) is 11.0 Å². The van der Waals surface area contributed by atoms with Gasteiger partial charge in [0, 0.05) is 24.6 Å². The van der Waals surface area contributed by atoms with E-state index in [1.807, 2.05) is 53.4 Å². The number of nitrogens with one attached hydrogen (secondary N) is 1. The Morgan fingerprint density at radius 2 is 2.04 bits per heavy atom. The first kappa shape index (κ1) is 18.5. The van der Waals surface area contributed by atoms with Crippen molar-refractivity contribution in [1.82, 2.24) is 14.9 Å². The number of hydrogen-bond acceptors (Lipinski definition) is 3. The van der Waals surface area contributed by atoms with Crippen molar-refractivity contribution in [2.45, 2.75) is 38.5 Å². The quantitative estimate of drug-likeness (QED) is 0.630. The fraction of sp³-hybridized carbons (Fsp3) is 0.391. The Balaban J connectivity index is 1.43. The Hall–Kier alpha value is -2.82. The summed E-state index contributed by atoms with van der Waals surface area (Å²) < 4.78 is 5.69. The summed E-state index contributed by atoms with van der Waals surface area (Å²) in [6.45, 7) is 4.36. The number of piperidine rings is 1. The second-order valence-electron chi connectivity index (χ2n) is 7.46. The van der Waals surface area contributed by atoms with E-state index in [9.17, 15) is 4.79 Å². The van der Waals surface area contributed by atoms with Crippen molar-refractivity contribution in [3.8, 4) is 5.75 Å². The van der Waals surface area contributed by atoms with Crippen LogP contribution in [0.4, 0.5) is 0 Å². The van der Waals surface area contributed by atoms with Crippen LogP contribution in [-0.4, -0.2) is 40.5 Å². The number of likely N-dealkylation sites (tertiary alicyclic amines) is 1. The Kier molecular flexibility index (Phi) is 5.60. The minimum absolute atomic E-state index is 0.0842. The number of fused-ring (bicyclic) bond motifs is 1. The molecule has 1 aliphatic rings. The zero-order valence-electron chi connectivity index (χ0n) is 16.4. The van der Waals surface area contributed by atoms with E-state index in [4.69, 9.17) is 9.72 Å². The fourth-order valence-corrected chi connectivity index (χ4v) is 3.76. The van der Waals surface area contributed by atoms with Crippen LogP contribution in [0.2, 0.25) is 0 Å². The Bertz CT molecular complexity index is 899. The lowest BCUT2D eigenvalue weighted by Gasteiger charge is -2.32. The number of rotatable bonds is 6. The predicted molar refractivity (Wildman–Crippen MR) is 111 cm³/mol. The molecule has 2 aromatic carbocycles. The van der Waals surface area contributed by atoms with Gasteiger partial charge >= 0.3 is 0 Å². The number of carbonyl (C=O) groups excluding carboxylic acids is 1. The highest BCUT2D eigenvalue weighted by Crippen LogP contribution is 2.28. The molecule has 1 amide bonds. The smallest absolute Gasteiger partial charge is 0.253 e. The largest absolute Gasteiger partial charge is 0.494 e. The van der Waals surface area contributed by atoms with Crippen LogP contribution in [0, 0.1) is 0 Å². The minimum Gasteiger partial charge on any atom is -0.494 e. The summed E-state index contributed by atoms with van der Waals surface area (Å²) in [5, 5.41) is 0. The van der Waals surface area contributed by atoms with Crippen LogP contribution >= 0.6 is 0 Å². The van der Waals surface area contributed by atoms with Gasteiger partial charge in [-0.05, 0) is 55.7 Å². The summed E-state index contributed by atoms with van der Waals surface area (Å²) in [6.07, 6.45) is 4.19. The fourth-order valence-electron chi connectivity index (χ4n) is 3.76. The van der Waals surface area contributed by atoms with E-state index in [0.29, 0.717) is 12.1 Å². The number of aromatic nitrogens is 2. The number of ether oxygens (including phenoxy) is 1. The molecule has 1 unspecified atom stereocenters. The van der Waals surface area contributed by atoms with Crippen LogP contribution in [-0.2, 0) is 0 Å². The van der Waals surface area contributed by atoms with Gasteiger partial charge in [0.05, 0.1) is 17.6 Å². The molecule has 1 N–H and O–H groups in total. The average molecular weight is 377 g/mol. The van der Waals surface area contributed by atoms with Crippen molar-refractivity contribution in [2.75, 3.05) is 19.7 Å². The predicted octanol–water partition coefficient (Wildman–Crippen LogP) is 4.76. The lowest BCUT2D eigenvalue weighted by Crippen LogP contribution is -2.39. The summed E-state index contributed by atoms with van der Waals surface area (Å²) >= 11 is 0. The van der Waals surface area contributed by atoms with Gasteiger partial charge in [-0.25, -0.2) is 4.98 Å². The molecule has 0 radical (unpaired) electrons. The maximum Gasteiger partial charge on any atom is 0.253 e. The topological polar surface area (TPSA) is 58.2 Å². The van der Waals surface area contributed by atoms with Gasteiger partial charge in [0.1, 0.15) is 11.6 Å². The molecule has 1 atom stereocenters. The molecule has 146 valence electrons. The van der Waals surface area contributed by atoms with Gasteiger partial charge in [0.15, 0.2) is 0 Å². The molecule has 28 heavy (non-hydrogen) atoms. The van der Waals surface area contributed by atoms with Gasteiger partial charge in [0.2, 0.25) is 0 Å². The van der Waals surface area contributed by atoms with Gasteiger partial charge in [-0.3, -0.25) is 4.79 Å². The number of H-pyrrole nitrogens is 1. The molecule has 1 aliphatic heterocycles. The van der Waals surface area contributed by atoms with Gasteiger partial charge in [-0.1, -0.05) is 25.5 Å².